The Hall–Kier alpha value is -3.83. The Bertz CT molecular complexity index is 1280. The van der Waals surface area contributed by atoms with Crippen molar-refractivity contribution in [1.29, 1.82) is 5.26 Å². The van der Waals surface area contributed by atoms with Gasteiger partial charge >= 0.3 is 0 Å². The van der Waals surface area contributed by atoms with Crippen LogP contribution in [0.1, 0.15) is 18.4 Å². The van der Waals surface area contributed by atoms with E-state index in [-0.39, 0.29) is 6.04 Å². The molecule has 0 bridgehead atoms. The van der Waals surface area contributed by atoms with E-state index >= 15 is 0 Å². The maximum Gasteiger partial charge on any atom is 0.225 e. The zero-order chi connectivity index (χ0) is 21.4. The van der Waals surface area contributed by atoms with Crippen LogP contribution in [0.4, 0.5) is 5.95 Å². The Morgan fingerprint density at radius 2 is 1.81 bits per heavy atom. The first-order valence-corrected chi connectivity index (χ1v) is 10.3. The number of anilines is 1. The largest absolute Gasteiger partial charge is 0.341 e. The van der Waals surface area contributed by atoms with Crippen LogP contribution in [0.5, 0.6) is 0 Å². The van der Waals surface area contributed by atoms with Gasteiger partial charge < -0.3 is 10.6 Å². The molecule has 154 valence electrons. The van der Waals surface area contributed by atoms with Crippen LogP contribution in [0.3, 0.4) is 0 Å². The van der Waals surface area contributed by atoms with Crippen molar-refractivity contribution in [3.8, 4) is 28.5 Å². The van der Waals surface area contributed by atoms with Crippen LogP contribution < -0.4 is 10.6 Å². The molecule has 3 aromatic heterocycles. The molecule has 4 heterocycles. The molecule has 0 amide bonds. The van der Waals surface area contributed by atoms with Crippen molar-refractivity contribution in [3.05, 3.63) is 54.5 Å². The Labute approximate surface area is 180 Å². The Kier molecular flexibility index (Phi) is 4.81. The van der Waals surface area contributed by atoms with E-state index in [1.54, 1.807) is 10.9 Å². The molecule has 1 aliphatic rings. The molecule has 8 nitrogen and oxygen atoms in total. The number of nitrogens with two attached hydrogens (primary N) is 1. The molecule has 0 unspecified atom stereocenters. The maximum atomic E-state index is 9.16. The van der Waals surface area contributed by atoms with Crippen LogP contribution in [-0.4, -0.2) is 43.9 Å². The monoisotopic (exact) mass is 410 g/mol. The Morgan fingerprint density at radius 3 is 2.55 bits per heavy atom. The number of aromatic nitrogens is 5. The summed E-state index contributed by atoms with van der Waals surface area (Å²) in [6.07, 6.45) is 7.36. The third kappa shape index (κ3) is 3.60. The van der Waals surface area contributed by atoms with E-state index in [1.165, 1.54) is 0 Å². The van der Waals surface area contributed by atoms with Gasteiger partial charge in [-0.25, -0.2) is 15.0 Å². The van der Waals surface area contributed by atoms with Crippen LogP contribution in [0.15, 0.2) is 48.9 Å². The molecule has 1 saturated heterocycles. The van der Waals surface area contributed by atoms with E-state index < -0.39 is 0 Å². The second-order valence-corrected chi connectivity index (χ2v) is 7.85. The van der Waals surface area contributed by atoms with Crippen molar-refractivity contribution in [2.24, 2.45) is 12.8 Å². The molecule has 0 atom stereocenters. The van der Waals surface area contributed by atoms with Gasteiger partial charge in [0.1, 0.15) is 0 Å². The minimum Gasteiger partial charge on any atom is -0.341 e. The molecule has 1 aromatic carbocycles. The number of pyridine rings is 1. The molecule has 1 aliphatic heterocycles. The Balaban J connectivity index is 1.62. The summed E-state index contributed by atoms with van der Waals surface area (Å²) in [5.74, 6) is 0.699. The number of hydrogen-bond donors (Lipinski definition) is 1. The lowest BCUT2D eigenvalue weighted by Gasteiger charge is -2.30. The predicted octanol–water partition coefficient (Wildman–Crippen LogP) is 2.89. The predicted molar refractivity (Wildman–Crippen MR) is 119 cm³/mol. The van der Waals surface area contributed by atoms with Crippen molar-refractivity contribution in [2.75, 3.05) is 18.0 Å². The summed E-state index contributed by atoms with van der Waals surface area (Å²) in [4.78, 5) is 16.4. The average molecular weight is 410 g/mol. The van der Waals surface area contributed by atoms with Gasteiger partial charge in [-0.05, 0) is 31.0 Å². The van der Waals surface area contributed by atoms with E-state index in [4.69, 9.17) is 16.0 Å². The van der Waals surface area contributed by atoms with Crippen LogP contribution in [0.25, 0.3) is 33.4 Å². The number of benzene rings is 1. The van der Waals surface area contributed by atoms with E-state index in [1.807, 2.05) is 43.7 Å². The van der Waals surface area contributed by atoms with E-state index in [0.717, 1.165) is 59.3 Å². The van der Waals surface area contributed by atoms with Crippen LogP contribution in [-0.2, 0) is 7.05 Å². The maximum absolute atomic E-state index is 9.16. The highest BCUT2D eigenvalue weighted by atomic mass is 15.3. The summed E-state index contributed by atoms with van der Waals surface area (Å²) < 4.78 is 1.75. The third-order valence-corrected chi connectivity index (χ3v) is 5.77. The minimum absolute atomic E-state index is 0.241. The van der Waals surface area contributed by atoms with Crippen LogP contribution in [0, 0.1) is 11.3 Å². The average Bonchev–Trinajstić information content (AvgIpc) is 3.19. The van der Waals surface area contributed by atoms with Gasteiger partial charge in [-0.1, -0.05) is 12.1 Å². The molecule has 2 N–H and O–H groups in total. The Morgan fingerprint density at radius 1 is 1.03 bits per heavy atom. The third-order valence-electron chi connectivity index (χ3n) is 5.77. The second kappa shape index (κ2) is 7.78. The number of hydrogen-bond acceptors (Lipinski definition) is 7. The molecule has 0 radical (unpaired) electrons. The SMILES string of the molecule is Cn1ncc2cc(-c3cnc(N4CCC(N)CC4)nc3-c3ccc(C#N)cc3)cnc21. The highest BCUT2D eigenvalue weighted by molar-refractivity contribution is 5.86. The topological polar surface area (TPSA) is 110 Å². The number of piperidine rings is 1. The summed E-state index contributed by atoms with van der Waals surface area (Å²) in [5.41, 5.74) is 11.1. The molecular formula is C23H22N8. The molecule has 8 heteroatoms. The van der Waals surface area contributed by atoms with Gasteiger partial charge in [0.15, 0.2) is 5.65 Å². The van der Waals surface area contributed by atoms with Gasteiger partial charge in [-0.15, -0.1) is 0 Å². The van der Waals surface area contributed by atoms with E-state index in [9.17, 15) is 0 Å². The fourth-order valence-electron chi connectivity index (χ4n) is 3.95. The highest BCUT2D eigenvalue weighted by Crippen LogP contribution is 2.33. The summed E-state index contributed by atoms with van der Waals surface area (Å²) >= 11 is 0. The lowest BCUT2D eigenvalue weighted by atomic mass is 10.0. The fourth-order valence-corrected chi connectivity index (χ4v) is 3.95. The van der Waals surface area contributed by atoms with Crippen molar-refractivity contribution < 1.29 is 0 Å². The van der Waals surface area contributed by atoms with Gasteiger partial charge in [0, 0.05) is 60.6 Å². The number of fused-ring (bicyclic) bond motifs is 1. The normalized spacial score (nSPS) is 14.7. The van der Waals surface area contributed by atoms with E-state index in [0.29, 0.717) is 11.5 Å². The summed E-state index contributed by atoms with van der Waals surface area (Å²) in [5, 5.41) is 14.4. The van der Waals surface area contributed by atoms with Gasteiger partial charge in [-0.3, -0.25) is 4.68 Å². The highest BCUT2D eigenvalue weighted by Gasteiger charge is 2.21. The molecule has 0 spiro atoms. The quantitative estimate of drug-likeness (QED) is 0.553. The van der Waals surface area contributed by atoms with Crippen molar-refractivity contribution in [2.45, 2.75) is 18.9 Å². The lowest BCUT2D eigenvalue weighted by molar-refractivity contribution is 0.495. The number of nitriles is 1. The van der Waals surface area contributed by atoms with Gasteiger partial charge in [-0.2, -0.15) is 10.4 Å². The van der Waals surface area contributed by atoms with E-state index in [2.05, 4.69) is 32.1 Å². The number of aryl methyl sites for hydroxylation is 1. The second-order valence-electron chi connectivity index (χ2n) is 7.85. The van der Waals surface area contributed by atoms with Crippen molar-refractivity contribution in [3.63, 3.8) is 0 Å². The smallest absolute Gasteiger partial charge is 0.225 e. The molecular weight excluding hydrogens is 388 g/mol. The molecule has 0 aliphatic carbocycles. The minimum atomic E-state index is 0.241. The standard InChI is InChI=1S/C23H22N8/c1-30-22-18(13-28-30)10-17(12-26-22)20-14-27-23(31-8-6-19(25)7-9-31)29-21(20)16-4-2-15(11-24)3-5-16/h2-5,10,12-14,19H,6-9,25H2,1H3. The molecule has 0 saturated carbocycles. The van der Waals surface area contributed by atoms with Crippen molar-refractivity contribution >= 4 is 17.0 Å². The summed E-state index contributed by atoms with van der Waals surface area (Å²) in [7, 11) is 1.87. The summed E-state index contributed by atoms with van der Waals surface area (Å²) in [6, 6.07) is 11.9. The van der Waals surface area contributed by atoms with Gasteiger partial charge in [0.2, 0.25) is 5.95 Å². The molecule has 31 heavy (non-hydrogen) atoms. The molecule has 4 aromatic rings. The lowest BCUT2D eigenvalue weighted by Crippen LogP contribution is -2.40. The number of rotatable bonds is 3. The van der Waals surface area contributed by atoms with Gasteiger partial charge in [0.25, 0.3) is 0 Å². The zero-order valence-corrected chi connectivity index (χ0v) is 17.2. The van der Waals surface area contributed by atoms with Gasteiger partial charge in [0.05, 0.1) is 23.5 Å². The molecule has 5 rings (SSSR count). The first-order valence-electron chi connectivity index (χ1n) is 10.3. The van der Waals surface area contributed by atoms with Crippen LogP contribution >= 0.6 is 0 Å². The van der Waals surface area contributed by atoms with Crippen LogP contribution in [0.2, 0.25) is 0 Å². The number of nitrogens with zero attached hydrogens (tertiary/aromatic N) is 7. The zero-order valence-electron chi connectivity index (χ0n) is 17.2. The molecule has 1 fully saturated rings. The fraction of sp³-hybridized carbons (Fsp3) is 0.261. The van der Waals surface area contributed by atoms with Crippen molar-refractivity contribution in [1.82, 2.24) is 24.7 Å². The first kappa shape index (κ1) is 19.2. The first-order chi connectivity index (χ1) is 15.1. The summed E-state index contributed by atoms with van der Waals surface area (Å²) in [6.45, 7) is 1.69.